The molecule has 3 radical (unpaired) electrons. The van der Waals surface area contributed by atoms with Gasteiger partial charge in [0.15, 0.2) is 0 Å². The Hall–Kier alpha value is 0.451. The molecule has 23 heavy (non-hydrogen) atoms. The minimum atomic E-state index is -1.43. The molecule has 0 spiro atoms. The zero-order valence-electron chi connectivity index (χ0n) is 12.1. The van der Waals surface area contributed by atoms with E-state index >= 15 is 0 Å². The zero-order valence-corrected chi connectivity index (χ0v) is 20.6. The van der Waals surface area contributed by atoms with Gasteiger partial charge in [0.05, 0.1) is 0 Å². The average Bonchev–Trinajstić information content (AvgIpc) is 2.53. The molecule has 0 nitrogen and oxygen atoms in total. The number of hydrogen-bond donors (Lipinski definition) is 0. The van der Waals surface area contributed by atoms with Crippen LogP contribution in [0.2, 0.25) is 0 Å². The van der Waals surface area contributed by atoms with Crippen LogP contribution in [-0.4, -0.2) is 38.6 Å². The van der Waals surface area contributed by atoms with Crippen LogP contribution in [0.15, 0.2) is 86.2 Å². The molecule has 3 rings (SSSR count). The Kier molecular flexibility index (Phi) is 7.94. The second kappa shape index (κ2) is 9.23. The molecule has 0 bridgehead atoms. The maximum atomic E-state index is 3.53. The molecule has 3 aromatic carbocycles. The van der Waals surface area contributed by atoms with Gasteiger partial charge in [-0.05, 0) is 36.4 Å². The number of benzene rings is 3. The van der Waals surface area contributed by atoms with Gasteiger partial charge in [-0.25, -0.2) is 0 Å². The molecular weight excluding hydrogens is 605 g/mol. The summed E-state index contributed by atoms with van der Waals surface area (Å²) in [6.07, 6.45) is 0. The van der Waals surface area contributed by atoms with Gasteiger partial charge in [-0.2, -0.15) is 0 Å². The summed E-state index contributed by atoms with van der Waals surface area (Å²) in [5.41, 5.74) is 0. The first-order chi connectivity index (χ1) is 10.6. The third-order valence-electron chi connectivity index (χ3n) is 3.61. The van der Waals surface area contributed by atoms with E-state index in [1.165, 1.54) is 13.3 Å². The van der Waals surface area contributed by atoms with Gasteiger partial charge in [-0.15, -0.1) is 0 Å². The van der Waals surface area contributed by atoms with E-state index in [4.69, 9.17) is 0 Å². The molecule has 0 unspecified atom stereocenters. The normalized spacial score (nSPS) is 10.0. The van der Waals surface area contributed by atoms with E-state index in [0.717, 1.165) is 13.4 Å². The van der Waals surface area contributed by atoms with Gasteiger partial charge >= 0.3 is 14.1 Å². The Morgan fingerprint density at radius 1 is 0.435 bits per heavy atom. The summed E-state index contributed by atoms with van der Waals surface area (Å²) in [7, 11) is 0. The van der Waals surface area contributed by atoms with Crippen LogP contribution in [0.4, 0.5) is 0 Å². The molecule has 0 aromatic heterocycles. The van der Waals surface area contributed by atoms with Gasteiger partial charge in [0, 0.05) is 37.8 Å². The van der Waals surface area contributed by atoms with Gasteiger partial charge in [0.25, 0.3) is 0 Å². The van der Waals surface area contributed by atoms with Crippen molar-refractivity contribution >= 4 is 99.6 Å². The fraction of sp³-hybridized carbons (Fsp3) is 0. The predicted molar refractivity (Wildman–Crippen MR) is 113 cm³/mol. The molecule has 3 aromatic rings. The second-order valence-electron chi connectivity index (χ2n) is 5.09. The van der Waals surface area contributed by atoms with E-state index in [0.29, 0.717) is 0 Å². The molecule has 0 saturated heterocycles. The quantitative estimate of drug-likeness (QED) is 0.389. The SMILES string of the molecule is Brc1cc[c]([Al]([c]2ccc(Br)cc2)[c]2ccc(Br)cc2)cc1.[Sb]. The van der Waals surface area contributed by atoms with E-state index < -0.39 is 14.1 Å². The van der Waals surface area contributed by atoms with Crippen molar-refractivity contribution in [3.8, 4) is 0 Å². The summed E-state index contributed by atoms with van der Waals surface area (Å²) < 4.78 is 7.63. The van der Waals surface area contributed by atoms with Gasteiger partial charge in [-0.1, -0.05) is 97.5 Å². The summed E-state index contributed by atoms with van der Waals surface area (Å²) in [5, 5.41) is 0. The van der Waals surface area contributed by atoms with Gasteiger partial charge in [0.1, 0.15) is 0 Å². The Morgan fingerprint density at radius 2 is 0.652 bits per heavy atom. The van der Waals surface area contributed by atoms with Crippen molar-refractivity contribution in [2.75, 3.05) is 0 Å². The van der Waals surface area contributed by atoms with Crippen LogP contribution in [0.1, 0.15) is 0 Å². The fourth-order valence-corrected chi connectivity index (χ4v) is 6.22. The second-order valence-corrected chi connectivity index (χ2v) is 10.7. The van der Waals surface area contributed by atoms with Crippen LogP contribution < -0.4 is 13.3 Å². The summed E-state index contributed by atoms with van der Waals surface area (Å²) in [5.74, 6) is 0. The topological polar surface area (TPSA) is 0 Å². The van der Waals surface area contributed by atoms with Crippen molar-refractivity contribution in [3.05, 3.63) is 86.2 Å². The molecule has 0 heterocycles. The van der Waals surface area contributed by atoms with Crippen molar-refractivity contribution in [3.63, 3.8) is 0 Å². The van der Waals surface area contributed by atoms with Crippen LogP contribution in [0, 0.1) is 0 Å². The molecule has 0 N–H and O–H groups in total. The summed E-state index contributed by atoms with van der Waals surface area (Å²) in [4.78, 5) is 0. The molecule has 5 heteroatoms. The number of hydrogen-bond acceptors (Lipinski definition) is 0. The van der Waals surface area contributed by atoms with Crippen LogP contribution in [0.5, 0.6) is 0 Å². The average molecular weight is 617 g/mol. The van der Waals surface area contributed by atoms with Crippen molar-refractivity contribution in [1.82, 2.24) is 0 Å². The summed E-state index contributed by atoms with van der Waals surface area (Å²) in [6.45, 7) is 0. The molecule has 0 amide bonds. The van der Waals surface area contributed by atoms with Crippen molar-refractivity contribution in [2.45, 2.75) is 0 Å². The van der Waals surface area contributed by atoms with Gasteiger partial charge in [0.2, 0.25) is 0 Å². The maximum Gasteiger partial charge on any atom is 0.383 e. The van der Waals surface area contributed by atoms with E-state index in [2.05, 4.69) is 121 Å². The first-order valence-electron chi connectivity index (χ1n) is 6.90. The van der Waals surface area contributed by atoms with E-state index in [1.54, 1.807) is 0 Å². The van der Waals surface area contributed by atoms with Crippen molar-refractivity contribution < 1.29 is 0 Å². The third kappa shape index (κ3) is 5.21. The minimum Gasteiger partial charge on any atom is -0.0985 e. The molecule has 0 aliphatic rings. The third-order valence-corrected chi connectivity index (χ3v) is 8.35. The molecule has 113 valence electrons. The van der Waals surface area contributed by atoms with Gasteiger partial charge in [-0.3, -0.25) is 0 Å². The number of rotatable bonds is 3. The Balaban J connectivity index is 0.00000192. The zero-order chi connectivity index (χ0) is 15.5. The van der Waals surface area contributed by atoms with Gasteiger partial charge < -0.3 is 0 Å². The Labute approximate surface area is 183 Å². The first kappa shape index (κ1) is 19.8. The van der Waals surface area contributed by atoms with E-state index in [9.17, 15) is 0 Å². The molecule has 0 fully saturated rings. The Bertz CT molecular complexity index is 648. The largest absolute Gasteiger partial charge is 0.383 e. The molecule has 0 aliphatic carbocycles. The molecular formula is C18H12AlBr3Sb. The predicted octanol–water partition coefficient (Wildman–Crippen LogP) is 4.11. The number of halogens is 3. The Morgan fingerprint density at radius 3 is 0.870 bits per heavy atom. The van der Waals surface area contributed by atoms with Crippen molar-refractivity contribution in [1.29, 1.82) is 0 Å². The van der Waals surface area contributed by atoms with Crippen LogP contribution in [0.3, 0.4) is 0 Å². The van der Waals surface area contributed by atoms with Crippen LogP contribution >= 0.6 is 47.8 Å². The standard InChI is InChI=1S/3C6H4Br.Al.Sb/c3*7-6-4-2-1-3-5-6;;/h3*2-5H;;. The summed E-state index contributed by atoms with van der Waals surface area (Å²) >= 11 is 9.15. The van der Waals surface area contributed by atoms with Crippen LogP contribution in [0.25, 0.3) is 0 Å². The summed E-state index contributed by atoms with van der Waals surface area (Å²) in [6, 6.07) is 26.2. The smallest absolute Gasteiger partial charge is 0.0985 e. The minimum absolute atomic E-state index is 0. The fourth-order valence-electron chi connectivity index (χ4n) is 2.54. The van der Waals surface area contributed by atoms with E-state index in [1.807, 2.05) is 0 Å². The monoisotopic (exact) mass is 613 g/mol. The molecule has 0 saturated carbocycles. The van der Waals surface area contributed by atoms with E-state index in [-0.39, 0.29) is 24.4 Å². The molecule has 0 atom stereocenters. The maximum absolute atomic E-state index is 3.53. The van der Waals surface area contributed by atoms with Crippen LogP contribution in [-0.2, 0) is 0 Å². The first-order valence-corrected chi connectivity index (χ1v) is 11.0. The molecule has 0 aliphatic heterocycles. The van der Waals surface area contributed by atoms with Crippen molar-refractivity contribution in [2.24, 2.45) is 0 Å².